The van der Waals surface area contributed by atoms with Crippen molar-refractivity contribution < 1.29 is 23.8 Å². The van der Waals surface area contributed by atoms with Crippen LogP contribution in [0.25, 0.3) is 11.0 Å². The van der Waals surface area contributed by atoms with E-state index >= 15 is 0 Å². The van der Waals surface area contributed by atoms with Gasteiger partial charge in [-0.3, -0.25) is 4.79 Å². The lowest BCUT2D eigenvalue weighted by atomic mass is 10.1. The molecule has 0 atom stereocenters. The quantitative estimate of drug-likeness (QED) is 0.455. The van der Waals surface area contributed by atoms with Crippen molar-refractivity contribution in [2.75, 3.05) is 22.9 Å². The first kappa shape index (κ1) is 20.3. The maximum absolute atomic E-state index is 13.7. The fourth-order valence-electron chi connectivity index (χ4n) is 4.52. The van der Waals surface area contributed by atoms with Gasteiger partial charge in [0.15, 0.2) is 17.0 Å². The zero-order valence-corrected chi connectivity index (χ0v) is 18.2. The Balaban J connectivity index is 1.37. The molecule has 3 heterocycles. The maximum Gasteiger partial charge on any atom is 0.343 e. The smallest absolute Gasteiger partial charge is 0.343 e. The van der Waals surface area contributed by atoms with E-state index in [1.54, 1.807) is 41.3 Å². The molecule has 0 saturated heterocycles. The van der Waals surface area contributed by atoms with Crippen LogP contribution in [-0.2, 0) is 0 Å². The Morgan fingerprint density at radius 2 is 1.74 bits per heavy atom. The summed E-state index contributed by atoms with van der Waals surface area (Å²) in [5.41, 5.74) is 2.25. The molecule has 0 bridgehead atoms. The molecule has 34 heavy (non-hydrogen) atoms. The summed E-state index contributed by atoms with van der Waals surface area (Å²) in [6.45, 7) is 1.26. The highest BCUT2D eigenvalue weighted by Crippen LogP contribution is 2.41. The molecule has 1 saturated carbocycles. The van der Waals surface area contributed by atoms with Crippen molar-refractivity contribution >= 4 is 34.2 Å². The van der Waals surface area contributed by atoms with Crippen molar-refractivity contribution in [3.05, 3.63) is 78.1 Å². The second-order valence-electron chi connectivity index (χ2n) is 8.39. The molecule has 2 aromatic heterocycles. The number of fused-ring (bicyclic) bond motifs is 2. The SMILES string of the molecule is O=C(O)c1c(Oc2cccnc2C(=O)N2CCN(C3CC3)c3ccccc32)oc2ccccc12. The van der Waals surface area contributed by atoms with Gasteiger partial charge in [-0.2, -0.15) is 0 Å². The molecule has 0 unspecified atom stereocenters. The number of furan rings is 1. The van der Waals surface area contributed by atoms with Crippen molar-refractivity contribution in [2.45, 2.75) is 18.9 Å². The molecule has 4 aromatic rings. The molecular formula is C26H21N3O5. The summed E-state index contributed by atoms with van der Waals surface area (Å²) in [5, 5.41) is 10.2. The van der Waals surface area contributed by atoms with Crippen LogP contribution in [0.5, 0.6) is 11.7 Å². The van der Waals surface area contributed by atoms with Crippen LogP contribution in [0.3, 0.4) is 0 Å². The number of amides is 1. The molecule has 8 nitrogen and oxygen atoms in total. The first-order chi connectivity index (χ1) is 16.6. The highest BCUT2D eigenvalue weighted by Gasteiger charge is 2.36. The average Bonchev–Trinajstić information content (AvgIpc) is 3.63. The number of carboxylic acid groups (broad SMARTS) is 1. The van der Waals surface area contributed by atoms with Gasteiger partial charge in [0, 0.05) is 30.7 Å². The number of carboxylic acids is 1. The first-order valence-corrected chi connectivity index (χ1v) is 11.2. The minimum Gasteiger partial charge on any atom is -0.477 e. The lowest BCUT2D eigenvalue weighted by molar-refractivity contribution is 0.0694. The van der Waals surface area contributed by atoms with E-state index in [2.05, 4.69) is 9.88 Å². The van der Waals surface area contributed by atoms with E-state index in [0.29, 0.717) is 23.6 Å². The lowest BCUT2D eigenvalue weighted by Crippen LogP contribution is -2.45. The summed E-state index contributed by atoms with van der Waals surface area (Å²) in [5.74, 6) is -1.54. The number of hydrogen-bond donors (Lipinski definition) is 1. The van der Waals surface area contributed by atoms with Gasteiger partial charge in [0.1, 0.15) is 5.58 Å². The van der Waals surface area contributed by atoms with Crippen LogP contribution < -0.4 is 14.5 Å². The zero-order valence-electron chi connectivity index (χ0n) is 18.2. The number of anilines is 2. The first-order valence-electron chi connectivity index (χ1n) is 11.2. The third-order valence-corrected chi connectivity index (χ3v) is 6.23. The molecule has 6 rings (SSSR count). The van der Waals surface area contributed by atoms with Crippen LogP contribution in [-0.4, -0.2) is 41.1 Å². The molecule has 0 radical (unpaired) electrons. The van der Waals surface area contributed by atoms with Gasteiger partial charge in [0.05, 0.1) is 11.4 Å². The predicted octanol–water partition coefficient (Wildman–Crippen LogP) is 4.95. The fraction of sp³-hybridized carbons (Fsp3) is 0.192. The third kappa shape index (κ3) is 3.35. The number of rotatable bonds is 5. The van der Waals surface area contributed by atoms with Crippen LogP contribution in [0, 0.1) is 0 Å². The number of pyridine rings is 1. The molecule has 1 amide bonds. The molecule has 1 aliphatic carbocycles. The molecule has 1 aliphatic heterocycles. The Labute approximate surface area is 195 Å². The number of aromatic nitrogens is 1. The van der Waals surface area contributed by atoms with Crippen LogP contribution in [0.1, 0.15) is 33.7 Å². The molecule has 2 aromatic carbocycles. The van der Waals surface area contributed by atoms with Gasteiger partial charge in [-0.25, -0.2) is 9.78 Å². The van der Waals surface area contributed by atoms with E-state index in [-0.39, 0.29) is 28.9 Å². The number of nitrogens with zero attached hydrogens (tertiary/aromatic N) is 3. The van der Waals surface area contributed by atoms with Gasteiger partial charge in [-0.05, 0) is 43.2 Å². The Morgan fingerprint density at radius 3 is 2.53 bits per heavy atom. The Hall–Kier alpha value is -4.33. The molecular weight excluding hydrogens is 434 g/mol. The number of hydrogen-bond acceptors (Lipinski definition) is 6. The van der Waals surface area contributed by atoms with E-state index in [4.69, 9.17) is 9.15 Å². The van der Waals surface area contributed by atoms with Gasteiger partial charge >= 0.3 is 11.9 Å². The summed E-state index contributed by atoms with van der Waals surface area (Å²) in [6.07, 6.45) is 3.86. The van der Waals surface area contributed by atoms with Crippen molar-refractivity contribution in [3.8, 4) is 11.7 Å². The van der Waals surface area contributed by atoms with Crippen molar-refractivity contribution in [1.82, 2.24) is 4.98 Å². The fourth-order valence-corrected chi connectivity index (χ4v) is 4.52. The minimum atomic E-state index is -1.18. The number of benzene rings is 2. The summed E-state index contributed by atoms with van der Waals surface area (Å²) in [7, 11) is 0. The normalized spacial score (nSPS) is 15.3. The van der Waals surface area contributed by atoms with Crippen molar-refractivity contribution in [1.29, 1.82) is 0 Å². The average molecular weight is 455 g/mol. The largest absolute Gasteiger partial charge is 0.477 e. The second-order valence-corrected chi connectivity index (χ2v) is 8.39. The number of ether oxygens (including phenoxy) is 1. The monoisotopic (exact) mass is 455 g/mol. The molecule has 0 spiro atoms. The molecule has 1 N–H and O–H groups in total. The zero-order chi connectivity index (χ0) is 23.2. The molecule has 1 fully saturated rings. The summed E-state index contributed by atoms with van der Waals surface area (Å²) < 4.78 is 11.6. The third-order valence-electron chi connectivity index (χ3n) is 6.23. The van der Waals surface area contributed by atoms with Gasteiger partial charge in [0.25, 0.3) is 5.91 Å². The number of carbonyl (C=O) groups excluding carboxylic acids is 1. The van der Waals surface area contributed by atoms with E-state index in [1.807, 2.05) is 24.3 Å². The molecule has 2 aliphatic rings. The van der Waals surface area contributed by atoms with Crippen LogP contribution in [0.15, 0.2) is 71.3 Å². The van der Waals surface area contributed by atoms with E-state index < -0.39 is 5.97 Å². The summed E-state index contributed by atoms with van der Waals surface area (Å²) >= 11 is 0. The maximum atomic E-state index is 13.7. The number of para-hydroxylation sites is 3. The van der Waals surface area contributed by atoms with E-state index in [1.165, 1.54) is 19.0 Å². The number of carbonyl (C=O) groups is 2. The van der Waals surface area contributed by atoms with Gasteiger partial charge in [0.2, 0.25) is 0 Å². The van der Waals surface area contributed by atoms with Gasteiger partial charge < -0.3 is 24.1 Å². The Bertz CT molecular complexity index is 1420. The van der Waals surface area contributed by atoms with Crippen molar-refractivity contribution in [2.24, 2.45) is 0 Å². The van der Waals surface area contributed by atoms with Crippen LogP contribution in [0.2, 0.25) is 0 Å². The lowest BCUT2D eigenvalue weighted by Gasteiger charge is -2.37. The van der Waals surface area contributed by atoms with Gasteiger partial charge in [-0.15, -0.1) is 0 Å². The summed E-state index contributed by atoms with van der Waals surface area (Å²) in [4.78, 5) is 34.0. The van der Waals surface area contributed by atoms with Crippen molar-refractivity contribution in [3.63, 3.8) is 0 Å². The minimum absolute atomic E-state index is 0.0916. The topological polar surface area (TPSA) is 96.1 Å². The standard InChI is InChI=1S/C26H21N3O5/c30-24(29-15-14-28(16-11-12-16)18-7-2-3-8-19(18)29)23-21(10-5-13-27-23)34-26-22(25(31)32)17-6-1-4-9-20(17)33-26/h1-10,13,16H,11-12,14-15H2,(H,31,32). The molecule has 8 heteroatoms. The Morgan fingerprint density at radius 1 is 0.971 bits per heavy atom. The highest BCUT2D eigenvalue weighted by atomic mass is 16.6. The second kappa shape index (κ2) is 7.91. The number of aromatic carboxylic acids is 1. The van der Waals surface area contributed by atoms with E-state index in [0.717, 1.165) is 17.9 Å². The highest BCUT2D eigenvalue weighted by molar-refractivity contribution is 6.09. The predicted molar refractivity (Wildman–Crippen MR) is 126 cm³/mol. The van der Waals surface area contributed by atoms with Crippen LogP contribution in [0.4, 0.5) is 11.4 Å². The molecule has 170 valence electrons. The Kier molecular flexibility index (Phi) is 4.72. The van der Waals surface area contributed by atoms with E-state index in [9.17, 15) is 14.7 Å². The van der Waals surface area contributed by atoms with Crippen LogP contribution >= 0.6 is 0 Å². The summed E-state index contributed by atoms with van der Waals surface area (Å²) in [6, 6.07) is 18.4. The van der Waals surface area contributed by atoms with Gasteiger partial charge in [-0.1, -0.05) is 30.3 Å².